The first kappa shape index (κ1) is 13.7. The number of hydrogen-bond donors (Lipinski definition) is 1. The monoisotopic (exact) mass is 344 g/mol. The van der Waals surface area contributed by atoms with Crippen LogP contribution >= 0.6 is 31.9 Å². The van der Waals surface area contributed by atoms with Crippen LogP contribution in [0.4, 0.5) is 0 Å². The van der Waals surface area contributed by atoms with Gasteiger partial charge in [0.2, 0.25) is 0 Å². The molecule has 1 rings (SSSR count). The van der Waals surface area contributed by atoms with Crippen molar-refractivity contribution in [2.24, 2.45) is 0 Å². The molecule has 0 amide bonds. The molecule has 2 nitrogen and oxygen atoms in total. The largest absolute Gasteiger partial charge is 0.308 e. The van der Waals surface area contributed by atoms with Crippen LogP contribution in [0.1, 0.15) is 31.5 Å². The van der Waals surface area contributed by atoms with Gasteiger partial charge in [-0.25, -0.2) is 0 Å². The van der Waals surface area contributed by atoms with E-state index in [1.807, 2.05) is 6.07 Å². The molecule has 0 saturated carbocycles. The first-order chi connectivity index (χ1) is 7.69. The maximum atomic E-state index is 5.38. The highest BCUT2D eigenvalue weighted by atomic mass is 79.9. The molecule has 4 heteroatoms. The Kier molecular flexibility index (Phi) is 6.04. The molecule has 0 spiro atoms. The molecular weight excluding hydrogens is 332 g/mol. The fourth-order valence-corrected chi connectivity index (χ4v) is 2.65. The fraction of sp³-hybridized carbons (Fsp3) is 0.417. The van der Waals surface area contributed by atoms with Crippen molar-refractivity contribution in [1.29, 1.82) is 0 Å². The van der Waals surface area contributed by atoms with Crippen molar-refractivity contribution in [1.82, 2.24) is 10.3 Å². The topological polar surface area (TPSA) is 24.9 Å². The van der Waals surface area contributed by atoms with Gasteiger partial charge in [0, 0.05) is 21.6 Å². The van der Waals surface area contributed by atoms with Gasteiger partial charge in [0.25, 0.3) is 0 Å². The Balaban J connectivity index is 2.88. The van der Waals surface area contributed by atoms with E-state index in [1.54, 1.807) is 6.20 Å². The molecule has 0 aliphatic heterocycles. The molecule has 1 unspecified atom stereocenters. The van der Waals surface area contributed by atoms with Crippen LogP contribution in [-0.2, 0) is 0 Å². The highest BCUT2D eigenvalue weighted by molar-refractivity contribution is 9.11. The quantitative estimate of drug-likeness (QED) is 0.823. The molecule has 1 atom stereocenters. The number of nitrogens with zero attached hydrogens (tertiary/aromatic N) is 1. The number of nitrogens with one attached hydrogen (secondary N) is 1. The molecule has 0 aromatic carbocycles. The Bertz CT molecular complexity index is 385. The second-order valence-corrected chi connectivity index (χ2v) is 5.21. The van der Waals surface area contributed by atoms with Crippen LogP contribution < -0.4 is 5.32 Å². The number of pyridine rings is 1. The Labute approximate surface area is 113 Å². The van der Waals surface area contributed by atoms with Gasteiger partial charge in [-0.3, -0.25) is 4.98 Å². The highest BCUT2D eigenvalue weighted by Crippen LogP contribution is 2.26. The van der Waals surface area contributed by atoms with Crippen molar-refractivity contribution < 1.29 is 0 Å². The van der Waals surface area contributed by atoms with Crippen molar-refractivity contribution >= 4 is 31.9 Å². The van der Waals surface area contributed by atoms with E-state index in [0.29, 0.717) is 6.42 Å². The third-order valence-corrected chi connectivity index (χ3v) is 3.20. The molecular formula is C12H14Br2N2. The maximum Gasteiger partial charge on any atom is 0.0725 e. The van der Waals surface area contributed by atoms with E-state index in [1.165, 1.54) is 0 Å². The van der Waals surface area contributed by atoms with Crippen LogP contribution in [0.5, 0.6) is 0 Å². The zero-order valence-corrected chi connectivity index (χ0v) is 12.3. The van der Waals surface area contributed by atoms with Gasteiger partial charge in [-0.15, -0.1) is 12.3 Å². The number of terminal acetylenes is 1. The normalized spacial score (nSPS) is 12.1. The lowest BCUT2D eigenvalue weighted by atomic mass is 10.1. The third-order valence-electron chi connectivity index (χ3n) is 2.13. The highest BCUT2D eigenvalue weighted by Gasteiger charge is 2.14. The summed E-state index contributed by atoms with van der Waals surface area (Å²) in [6.45, 7) is 3.07. The minimum atomic E-state index is 0.118. The number of rotatable bonds is 5. The predicted molar refractivity (Wildman–Crippen MR) is 74.1 cm³/mol. The first-order valence-corrected chi connectivity index (χ1v) is 6.75. The van der Waals surface area contributed by atoms with Gasteiger partial charge >= 0.3 is 0 Å². The van der Waals surface area contributed by atoms with Crippen molar-refractivity contribution in [3.8, 4) is 12.3 Å². The van der Waals surface area contributed by atoms with Crippen LogP contribution in [-0.4, -0.2) is 11.5 Å². The van der Waals surface area contributed by atoms with Gasteiger partial charge in [-0.2, -0.15) is 0 Å². The third kappa shape index (κ3) is 3.89. The van der Waals surface area contributed by atoms with Crippen LogP contribution in [0.2, 0.25) is 0 Å². The summed E-state index contributed by atoms with van der Waals surface area (Å²) >= 11 is 6.89. The second-order valence-electron chi connectivity index (χ2n) is 3.44. The molecule has 0 saturated heterocycles. The number of aromatic nitrogens is 1. The molecule has 1 aromatic rings. The molecule has 0 fully saturated rings. The van der Waals surface area contributed by atoms with Crippen molar-refractivity contribution in [3.05, 3.63) is 26.9 Å². The van der Waals surface area contributed by atoms with Gasteiger partial charge in [-0.05, 0) is 50.9 Å². The molecule has 0 radical (unpaired) electrons. The molecule has 86 valence electrons. The van der Waals surface area contributed by atoms with Crippen molar-refractivity contribution in [2.45, 2.75) is 25.8 Å². The summed E-state index contributed by atoms with van der Waals surface area (Å²) in [5.41, 5.74) is 0.967. The summed E-state index contributed by atoms with van der Waals surface area (Å²) < 4.78 is 1.93. The lowest BCUT2D eigenvalue weighted by molar-refractivity contribution is 0.528. The van der Waals surface area contributed by atoms with E-state index in [9.17, 15) is 0 Å². The Morgan fingerprint density at radius 1 is 1.56 bits per heavy atom. The molecule has 1 heterocycles. The fourth-order valence-electron chi connectivity index (χ4n) is 1.38. The summed E-state index contributed by atoms with van der Waals surface area (Å²) in [6, 6.07) is 2.10. The molecule has 0 bridgehead atoms. The van der Waals surface area contributed by atoms with Crippen molar-refractivity contribution in [2.75, 3.05) is 6.54 Å². The SMILES string of the molecule is C#CCC(NCCC)c1ncc(Br)cc1Br. The van der Waals surface area contributed by atoms with Crippen LogP contribution in [0.25, 0.3) is 0 Å². The summed E-state index contributed by atoms with van der Waals surface area (Å²) in [5.74, 6) is 2.68. The Hall–Kier alpha value is -0.370. The molecule has 1 aromatic heterocycles. The Morgan fingerprint density at radius 3 is 2.88 bits per heavy atom. The van der Waals surface area contributed by atoms with E-state index in [0.717, 1.165) is 27.6 Å². The van der Waals surface area contributed by atoms with Gasteiger partial charge in [0.15, 0.2) is 0 Å². The summed E-state index contributed by atoms with van der Waals surface area (Å²) in [7, 11) is 0. The van der Waals surface area contributed by atoms with E-state index in [-0.39, 0.29) is 6.04 Å². The molecule has 0 aliphatic rings. The number of halogens is 2. The van der Waals surface area contributed by atoms with E-state index in [4.69, 9.17) is 6.42 Å². The zero-order chi connectivity index (χ0) is 12.0. The van der Waals surface area contributed by atoms with Gasteiger partial charge < -0.3 is 5.32 Å². The maximum absolute atomic E-state index is 5.38. The lowest BCUT2D eigenvalue weighted by Gasteiger charge is -2.16. The summed E-state index contributed by atoms with van der Waals surface area (Å²) in [5, 5.41) is 3.40. The van der Waals surface area contributed by atoms with Gasteiger partial charge in [0.05, 0.1) is 11.7 Å². The average molecular weight is 346 g/mol. The van der Waals surface area contributed by atoms with Crippen LogP contribution in [0, 0.1) is 12.3 Å². The summed E-state index contributed by atoms with van der Waals surface area (Å²) in [6.07, 6.45) is 8.89. The Morgan fingerprint density at radius 2 is 2.31 bits per heavy atom. The average Bonchev–Trinajstić information content (AvgIpc) is 2.25. The molecule has 1 N–H and O–H groups in total. The van der Waals surface area contributed by atoms with Crippen LogP contribution in [0.15, 0.2) is 21.2 Å². The van der Waals surface area contributed by atoms with Gasteiger partial charge in [0.1, 0.15) is 0 Å². The lowest BCUT2D eigenvalue weighted by Crippen LogP contribution is -2.23. The zero-order valence-electron chi connectivity index (χ0n) is 9.13. The van der Waals surface area contributed by atoms with Crippen molar-refractivity contribution in [3.63, 3.8) is 0 Å². The van der Waals surface area contributed by atoms with E-state index in [2.05, 4.69) is 55.0 Å². The molecule has 0 aliphatic carbocycles. The summed E-state index contributed by atoms with van der Waals surface area (Å²) in [4.78, 5) is 4.40. The number of hydrogen-bond acceptors (Lipinski definition) is 2. The second kappa shape index (κ2) is 7.05. The van der Waals surface area contributed by atoms with E-state index >= 15 is 0 Å². The first-order valence-electron chi connectivity index (χ1n) is 5.16. The predicted octanol–water partition coefficient (Wildman–Crippen LogP) is 3.67. The molecule has 16 heavy (non-hydrogen) atoms. The van der Waals surface area contributed by atoms with Crippen LogP contribution in [0.3, 0.4) is 0 Å². The minimum absolute atomic E-state index is 0.118. The van der Waals surface area contributed by atoms with E-state index < -0.39 is 0 Å². The minimum Gasteiger partial charge on any atom is -0.308 e. The smallest absolute Gasteiger partial charge is 0.0725 e. The standard InChI is InChI=1S/C12H14Br2N2/c1-3-5-11(15-6-4-2)12-10(14)7-9(13)8-16-12/h1,7-8,11,15H,4-6H2,2H3. The van der Waals surface area contributed by atoms with Gasteiger partial charge in [-0.1, -0.05) is 6.92 Å².